The molecule has 0 saturated heterocycles. The largest absolute Gasteiger partial charge is 0.324 e. The fourth-order valence-electron chi connectivity index (χ4n) is 3.56. The van der Waals surface area contributed by atoms with Crippen molar-refractivity contribution in [1.82, 2.24) is 0 Å². The summed E-state index contributed by atoms with van der Waals surface area (Å²) in [5.41, 5.74) is 1.24. The zero-order valence-electron chi connectivity index (χ0n) is 16.5. The van der Waals surface area contributed by atoms with Crippen molar-refractivity contribution in [3.8, 4) is 0 Å². The second-order valence-electron chi connectivity index (χ2n) is 7.40. The molecule has 1 aliphatic carbocycles. The quantitative estimate of drug-likeness (QED) is 0.325. The first-order valence-corrected chi connectivity index (χ1v) is 11.5. The molecule has 3 aromatic carbocycles. The first-order valence-electron chi connectivity index (χ1n) is 9.59. The smallest absolute Gasteiger partial charge is 0.258 e. The maximum absolute atomic E-state index is 13.5. The lowest BCUT2D eigenvalue weighted by Gasteiger charge is -2.13. The highest BCUT2D eigenvalue weighted by atomic mass is 35.5. The normalized spacial score (nSPS) is 18.5. The first kappa shape index (κ1) is 24.1. The molecule has 2 amide bonds. The standard InChI is InChI=1S/C23H14Cl5FN2O2/c24-13-7-9-16(20(26)17(13)21(32)30-12-4-2-1-3-5-12)31-22(33)19-18(23(19,27)28)11-6-8-15(29)14(25)10-11/h1-10,18-19H,(H,30,32)(H,31,33). The number of amides is 2. The van der Waals surface area contributed by atoms with Crippen LogP contribution in [0.3, 0.4) is 0 Å². The van der Waals surface area contributed by atoms with Gasteiger partial charge in [-0.15, -0.1) is 23.2 Å². The van der Waals surface area contributed by atoms with Crippen molar-refractivity contribution in [3.05, 3.63) is 92.7 Å². The number of nitrogens with one attached hydrogen (secondary N) is 2. The van der Waals surface area contributed by atoms with Crippen LogP contribution in [0.2, 0.25) is 15.1 Å². The van der Waals surface area contributed by atoms with E-state index in [1.807, 2.05) is 6.07 Å². The third-order valence-electron chi connectivity index (χ3n) is 5.25. The number of halogens is 6. The summed E-state index contributed by atoms with van der Waals surface area (Å²) in [5.74, 6) is -3.11. The Labute approximate surface area is 213 Å². The molecule has 1 aliphatic rings. The fraction of sp³-hybridized carbons (Fsp3) is 0.130. The number of carbonyl (C=O) groups excluding carboxylic acids is 2. The van der Waals surface area contributed by atoms with E-state index in [1.165, 1.54) is 30.3 Å². The predicted octanol–water partition coefficient (Wildman–Crippen LogP) is 7.56. The van der Waals surface area contributed by atoms with Crippen LogP contribution >= 0.6 is 58.0 Å². The van der Waals surface area contributed by atoms with Gasteiger partial charge in [-0.2, -0.15) is 0 Å². The van der Waals surface area contributed by atoms with E-state index in [1.54, 1.807) is 24.3 Å². The second kappa shape index (κ2) is 9.32. The summed E-state index contributed by atoms with van der Waals surface area (Å²) in [6.07, 6.45) is 0. The molecule has 1 fully saturated rings. The zero-order chi connectivity index (χ0) is 23.9. The summed E-state index contributed by atoms with van der Waals surface area (Å²) in [4.78, 5) is 25.7. The van der Waals surface area contributed by atoms with Gasteiger partial charge in [0.15, 0.2) is 0 Å². The van der Waals surface area contributed by atoms with Crippen molar-refractivity contribution < 1.29 is 14.0 Å². The van der Waals surface area contributed by atoms with Gasteiger partial charge in [0.05, 0.1) is 32.2 Å². The van der Waals surface area contributed by atoms with E-state index in [4.69, 9.17) is 58.0 Å². The minimum absolute atomic E-state index is 0.000611. The third-order valence-corrected chi connectivity index (χ3v) is 7.18. The van der Waals surface area contributed by atoms with Crippen LogP contribution in [0.1, 0.15) is 21.8 Å². The van der Waals surface area contributed by atoms with Crippen molar-refractivity contribution in [1.29, 1.82) is 0 Å². The SMILES string of the molecule is O=C(Nc1ccccc1)c1c(Cl)ccc(NC(=O)C2C(c3ccc(F)c(Cl)c3)C2(Cl)Cl)c1Cl. The van der Waals surface area contributed by atoms with E-state index in [9.17, 15) is 14.0 Å². The maximum atomic E-state index is 13.5. The van der Waals surface area contributed by atoms with Crippen LogP contribution in [0, 0.1) is 11.7 Å². The molecule has 1 saturated carbocycles. The number of hydrogen-bond donors (Lipinski definition) is 2. The van der Waals surface area contributed by atoms with Gasteiger partial charge in [0, 0.05) is 11.6 Å². The van der Waals surface area contributed by atoms with Crippen molar-refractivity contribution >= 4 is 81.2 Å². The number of hydrogen-bond acceptors (Lipinski definition) is 2. The second-order valence-corrected chi connectivity index (χ2v) is 10.0. The molecule has 3 aromatic rings. The van der Waals surface area contributed by atoms with Crippen molar-refractivity contribution in [2.75, 3.05) is 10.6 Å². The molecule has 33 heavy (non-hydrogen) atoms. The molecule has 2 N–H and O–H groups in total. The molecular weight excluding hydrogens is 533 g/mol. The van der Waals surface area contributed by atoms with E-state index >= 15 is 0 Å². The van der Waals surface area contributed by atoms with E-state index in [-0.39, 0.29) is 26.3 Å². The molecule has 0 aromatic heterocycles. The van der Waals surface area contributed by atoms with Crippen LogP contribution in [0.15, 0.2) is 60.7 Å². The highest BCUT2D eigenvalue weighted by molar-refractivity contribution is 6.53. The Bertz CT molecular complexity index is 1250. The molecule has 0 aliphatic heterocycles. The number of carbonyl (C=O) groups is 2. The molecule has 0 spiro atoms. The van der Waals surface area contributed by atoms with Gasteiger partial charge in [-0.3, -0.25) is 9.59 Å². The lowest BCUT2D eigenvalue weighted by atomic mass is 10.1. The average Bonchev–Trinajstić information content (AvgIpc) is 3.35. The Kier molecular flexibility index (Phi) is 6.81. The van der Waals surface area contributed by atoms with Gasteiger partial charge in [-0.1, -0.05) is 59.1 Å². The van der Waals surface area contributed by atoms with Crippen LogP contribution in [-0.4, -0.2) is 16.1 Å². The summed E-state index contributed by atoms with van der Waals surface area (Å²) < 4.78 is 12.1. The molecule has 0 radical (unpaired) electrons. The topological polar surface area (TPSA) is 58.2 Å². The number of rotatable bonds is 5. The fourth-order valence-corrected chi connectivity index (χ4v) is 5.16. The van der Waals surface area contributed by atoms with Gasteiger partial charge < -0.3 is 10.6 Å². The maximum Gasteiger partial charge on any atom is 0.258 e. The van der Waals surface area contributed by atoms with Gasteiger partial charge in [0.25, 0.3) is 5.91 Å². The lowest BCUT2D eigenvalue weighted by Crippen LogP contribution is -2.19. The van der Waals surface area contributed by atoms with E-state index < -0.39 is 33.8 Å². The first-order chi connectivity index (χ1) is 15.6. The van der Waals surface area contributed by atoms with Gasteiger partial charge >= 0.3 is 0 Å². The van der Waals surface area contributed by atoms with Crippen molar-refractivity contribution in [2.24, 2.45) is 5.92 Å². The van der Waals surface area contributed by atoms with Crippen LogP contribution < -0.4 is 10.6 Å². The molecule has 0 heterocycles. The Morgan fingerprint density at radius 3 is 2.24 bits per heavy atom. The highest BCUT2D eigenvalue weighted by Crippen LogP contribution is 2.65. The Hall–Kier alpha value is -2.02. The van der Waals surface area contributed by atoms with E-state index in [2.05, 4.69) is 10.6 Å². The van der Waals surface area contributed by atoms with Crippen LogP contribution in [0.4, 0.5) is 15.8 Å². The molecule has 2 atom stereocenters. The monoisotopic (exact) mass is 544 g/mol. The van der Waals surface area contributed by atoms with Crippen LogP contribution in [-0.2, 0) is 4.79 Å². The molecule has 10 heteroatoms. The van der Waals surface area contributed by atoms with Gasteiger partial charge in [-0.05, 0) is 42.0 Å². The highest BCUT2D eigenvalue weighted by Gasteiger charge is 2.67. The predicted molar refractivity (Wildman–Crippen MR) is 132 cm³/mol. The molecule has 2 unspecified atom stereocenters. The van der Waals surface area contributed by atoms with Gasteiger partial charge in [0.1, 0.15) is 10.2 Å². The Morgan fingerprint density at radius 2 is 1.58 bits per heavy atom. The lowest BCUT2D eigenvalue weighted by molar-refractivity contribution is -0.117. The van der Waals surface area contributed by atoms with Gasteiger partial charge in [0.2, 0.25) is 5.91 Å². The third kappa shape index (κ3) is 4.79. The van der Waals surface area contributed by atoms with Crippen molar-refractivity contribution in [2.45, 2.75) is 10.3 Å². The van der Waals surface area contributed by atoms with Crippen LogP contribution in [0.5, 0.6) is 0 Å². The summed E-state index contributed by atoms with van der Waals surface area (Å²) in [6.45, 7) is 0. The number of anilines is 2. The number of para-hydroxylation sites is 1. The molecule has 170 valence electrons. The number of alkyl halides is 2. The van der Waals surface area contributed by atoms with E-state index in [0.717, 1.165) is 0 Å². The van der Waals surface area contributed by atoms with Crippen LogP contribution in [0.25, 0.3) is 0 Å². The summed E-state index contributed by atoms with van der Waals surface area (Å²) in [6, 6.07) is 15.7. The van der Waals surface area contributed by atoms with Crippen molar-refractivity contribution in [3.63, 3.8) is 0 Å². The average molecular weight is 547 g/mol. The minimum Gasteiger partial charge on any atom is -0.324 e. The van der Waals surface area contributed by atoms with Gasteiger partial charge in [-0.25, -0.2) is 4.39 Å². The zero-order valence-corrected chi connectivity index (χ0v) is 20.3. The summed E-state index contributed by atoms with van der Waals surface area (Å²) >= 11 is 31.2. The Balaban J connectivity index is 1.55. The molecular formula is C23H14Cl5FN2O2. The summed E-state index contributed by atoms with van der Waals surface area (Å²) in [7, 11) is 0. The van der Waals surface area contributed by atoms with E-state index in [0.29, 0.717) is 11.3 Å². The summed E-state index contributed by atoms with van der Waals surface area (Å²) in [5, 5.41) is 5.33. The molecule has 0 bridgehead atoms. The molecule has 4 rings (SSSR count). The Morgan fingerprint density at radius 1 is 0.879 bits per heavy atom. The minimum atomic E-state index is -1.42. The number of benzene rings is 3. The molecule has 4 nitrogen and oxygen atoms in total.